The zero-order valence-electron chi connectivity index (χ0n) is 15.7. The molecule has 0 fully saturated rings. The van der Waals surface area contributed by atoms with Gasteiger partial charge in [-0.1, -0.05) is 17.8 Å². The van der Waals surface area contributed by atoms with Gasteiger partial charge in [0.15, 0.2) is 11.5 Å². The number of ether oxygens (including phenoxy) is 2. The minimum atomic E-state index is -0.401. The van der Waals surface area contributed by atoms with Crippen LogP contribution < -0.4 is 14.8 Å². The lowest BCUT2D eigenvalue weighted by molar-refractivity contribution is -0.120. The summed E-state index contributed by atoms with van der Waals surface area (Å²) < 4.78 is 16.1. The molecule has 3 aromatic rings. The van der Waals surface area contributed by atoms with E-state index in [0.717, 1.165) is 11.1 Å². The van der Waals surface area contributed by atoms with E-state index in [1.165, 1.54) is 11.8 Å². The van der Waals surface area contributed by atoms with E-state index in [1.54, 1.807) is 45.7 Å². The van der Waals surface area contributed by atoms with E-state index >= 15 is 0 Å². The summed E-state index contributed by atoms with van der Waals surface area (Å²) in [6.45, 7) is 2.15. The molecule has 1 aromatic carbocycles. The van der Waals surface area contributed by atoms with Crippen LogP contribution in [0.1, 0.15) is 12.5 Å². The maximum absolute atomic E-state index is 12.4. The lowest BCUT2D eigenvalue weighted by Gasteiger charge is -2.12. The first-order chi connectivity index (χ1) is 13.6. The maximum atomic E-state index is 12.4. The van der Waals surface area contributed by atoms with Crippen LogP contribution >= 0.6 is 11.8 Å². The predicted octanol–water partition coefficient (Wildman–Crippen LogP) is 2.95. The summed E-state index contributed by atoms with van der Waals surface area (Å²) in [5.74, 6) is 1.49. The minimum Gasteiger partial charge on any atom is -0.493 e. The van der Waals surface area contributed by atoms with Crippen molar-refractivity contribution in [3.05, 3.63) is 48.3 Å². The number of nitrogens with one attached hydrogen (secondary N) is 1. The van der Waals surface area contributed by atoms with Crippen LogP contribution in [-0.2, 0) is 11.3 Å². The molecular weight excluding hydrogens is 380 g/mol. The van der Waals surface area contributed by atoms with Gasteiger partial charge in [0.05, 0.1) is 25.0 Å². The molecule has 2 aromatic heterocycles. The number of nitrogens with zero attached hydrogens (tertiary/aromatic N) is 3. The molecule has 0 saturated heterocycles. The second kappa shape index (κ2) is 9.23. The summed E-state index contributed by atoms with van der Waals surface area (Å²) in [5.41, 5.74) is 1.63. The van der Waals surface area contributed by atoms with Crippen molar-refractivity contribution >= 4 is 17.7 Å². The molecule has 3 rings (SSSR count). The van der Waals surface area contributed by atoms with E-state index in [1.807, 2.05) is 18.2 Å². The van der Waals surface area contributed by atoms with Crippen LogP contribution in [0.2, 0.25) is 0 Å². The molecule has 28 heavy (non-hydrogen) atoms. The Labute approximate surface area is 166 Å². The standard InChI is InChI=1S/C19H20N4O4S/c1-12(28-19-23-22-18(27-19)14-5-4-8-20-11-14)17(24)21-10-13-6-7-15(25-2)16(9-13)26-3/h4-9,11-12H,10H2,1-3H3,(H,21,24)/t12-/m0/s1. The summed E-state index contributed by atoms with van der Waals surface area (Å²) in [4.78, 5) is 16.4. The Kier molecular flexibility index (Phi) is 6.49. The van der Waals surface area contributed by atoms with Gasteiger partial charge in [-0.3, -0.25) is 9.78 Å². The largest absolute Gasteiger partial charge is 0.493 e. The Bertz CT molecular complexity index is 933. The molecule has 1 atom stereocenters. The van der Waals surface area contributed by atoms with Crippen LogP contribution in [0.15, 0.2) is 52.4 Å². The number of rotatable bonds is 8. The van der Waals surface area contributed by atoms with Crippen molar-refractivity contribution < 1.29 is 18.7 Å². The highest BCUT2D eigenvalue weighted by Gasteiger charge is 2.19. The molecule has 0 radical (unpaired) electrons. The number of carbonyl (C=O) groups excluding carboxylic acids is 1. The first kappa shape index (κ1) is 19.7. The maximum Gasteiger partial charge on any atom is 0.277 e. The fraction of sp³-hybridized carbons (Fsp3) is 0.263. The van der Waals surface area contributed by atoms with Gasteiger partial charge in [0.25, 0.3) is 5.22 Å². The molecule has 1 amide bonds. The van der Waals surface area contributed by atoms with E-state index in [0.29, 0.717) is 29.2 Å². The number of hydrogen-bond donors (Lipinski definition) is 1. The van der Waals surface area contributed by atoms with Crippen molar-refractivity contribution in [1.29, 1.82) is 0 Å². The molecule has 0 aliphatic heterocycles. The van der Waals surface area contributed by atoms with Crippen molar-refractivity contribution in [2.45, 2.75) is 23.9 Å². The van der Waals surface area contributed by atoms with E-state index in [9.17, 15) is 4.79 Å². The lowest BCUT2D eigenvalue weighted by atomic mass is 10.2. The summed E-state index contributed by atoms with van der Waals surface area (Å²) in [5, 5.41) is 10.8. The monoisotopic (exact) mass is 400 g/mol. The molecule has 146 valence electrons. The molecule has 0 saturated carbocycles. The number of methoxy groups -OCH3 is 2. The van der Waals surface area contributed by atoms with Gasteiger partial charge in [0, 0.05) is 18.9 Å². The zero-order valence-corrected chi connectivity index (χ0v) is 16.5. The molecule has 0 aliphatic rings. The van der Waals surface area contributed by atoms with Crippen LogP contribution in [0.3, 0.4) is 0 Å². The molecular formula is C19H20N4O4S. The number of thioether (sulfide) groups is 1. The van der Waals surface area contributed by atoms with Crippen molar-refractivity contribution in [3.63, 3.8) is 0 Å². The zero-order chi connectivity index (χ0) is 19.9. The molecule has 0 bridgehead atoms. The highest BCUT2D eigenvalue weighted by atomic mass is 32.2. The Morgan fingerprint density at radius 3 is 2.75 bits per heavy atom. The predicted molar refractivity (Wildman–Crippen MR) is 104 cm³/mol. The molecule has 0 aliphatic carbocycles. The molecule has 0 unspecified atom stereocenters. The van der Waals surface area contributed by atoms with E-state index in [-0.39, 0.29) is 5.91 Å². The third-order valence-electron chi connectivity index (χ3n) is 3.88. The van der Waals surface area contributed by atoms with Gasteiger partial charge in [0.2, 0.25) is 11.8 Å². The van der Waals surface area contributed by atoms with Gasteiger partial charge in [-0.25, -0.2) is 0 Å². The average molecular weight is 400 g/mol. The molecule has 1 N–H and O–H groups in total. The third kappa shape index (κ3) is 4.80. The molecule has 2 heterocycles. The Hall–Kier alpha value is -3.07. The minimum absolute atomic E-state index is 0.138. The van der Waals surface area contributed by atoms with Crippen molar-refractivity contribution in [2.75, 3.05) is 14.2 Å². The van der Waals surface area contributed by atoms with Gasteiger partial charge in [-0.2, -0.15) is 0 Å². The Balaban J connectivity index is 1.56. The van der Waals surface area contributed by atoms with E-state index in [4.69, 9.17) is 13.9 Å². The summed E-state index contributed by atoms with van der Waals surface area (Å²) in [6, 6.07) is 9.12. The summed E-state index contributed by atoms with van der Waals surface area (Å²) in [7, 11) is 3.15. The highest BCUT2D eigenvalue weighted by molar-refractivity contribution is 8.00. The first-order valence-corrected chi connectivity index (χ1v) is 9.38. The summed E-state index contributed by atoms with van der Waals surface area (Å²) in [6.07, 6.45) is 3.31. The highest BCUT2D eigenvalue weighted by Crippen LogP contribution is 2.28. The topological polar surface area (TPSA) is 99.4 Å². The number of aromatic nitrogens is 3. The van der Waals surface area contributed by atoms with Crippen molar-refractivity contribution in [3.8, 4) is 23.0 Å². The third-order valence-corrected chi connectivity index (χ3v) is 4.81. The molecule has 8 nitrogen and oxygen atoms in total. The Morgan fingerprint density at radius 2 is 2.04 bits per heavy atom. The van der Waals surface area contributed by atoms with E-state index < -0.39 is 5.25 Å². The van der Waals surface area contributed by atoms with Crippen molar-refractivity contribution in [1.82, 2.24) is 20.5 Å². The smallest absolute Gasteiger partial charge is 0.277 e. The van der Waals surface area contributed by atoms with E-state index in [2.05, 4.69) is 20.5 Å². The fourth-order valence-corrected chi connectivity index (χ4v) is 3.10. The fourth-order valence-electron chi connectivity index (χ4n) is 2.39. The number of carbonyl (C=O) groups is 1. The number of pyridine rings is 1. The van der Waals surface area contributed by atoms with Crippen LogP contribution in [0.5, 0.6) is 11.5 Å². The second-order valence-electron chi connectivity index (χ2n) is 5.78. The van der Waals surface area contributed by atoms with Crippen LogP contribution in [0.25, 0.3) is 11.5 Å². The number of benzene rings is 1. The first-order valence-electron chi connectivity index (χ1n) is 8.50. The van der Waals surface area contributed by atoms with Crippen LogP contribution in [-0.4, -0.2) is 40.6 Å². The van der Waals surface area contributed by atoms with Crippen molar-refractivity contribution in [2.24, 2.45) is 0 Å². The quantitative estimate of drug-likeness (QED) is 0.576. The number of hydrogen-bond acceptors (Lipinski definition) is 8. The van der Waals surface area contributed by atoms with Gasteiger partial charge in [0.1, 0.15) is 0 Å². The van der Waals surface area contributed by atoms with Gasteiger partial charge in [-0.05, 0) is 36.8 Å². The Morgan fingerprint density at radius 1 is 1.21 bits per heavy atom. The molecule has 9 heteroatoms. The summed E-state index contributed by atoms with van der Waals surface area (Å²) >= 11 is 1.20. The van der Waals surface area contributed by atoms with Crippen LogP contribution in [0.4, 0.5) is 0 Å². The molecule has 0 spiro atoms. The normalized spacial score (nSPS) is 11.7. The van der Waals surface area contributed by atoms with Crippen LogP contribution in [0, 0.1) is 0 Å². The second-order valence-corrected chi connectivity index (χ2v) is 7.07. The SMILES string of the molecule is COc1ccc(CNC(=O)[C@H](C)Sc2nnc(-c3cccnc3)o2)cc1OC. The average Bonchev–Trinajstić information content (AvgIpc) is 3.20. The van der Waals surface area contributed by atoms with Gasteiger partial charge in [-0.15, -0.1) is 10.2 Å². The lowest BCUT2D eigenvalue weighted by Crippen LogP contribution is -2.30. The van der Waals surface area contributed by atoms with Gasteiger partial charge >= 0.3 is 0 Å². The number of amides is 1. The van der Waals surface area contributed by atoms with Gasteiger partial charge < -0.3 is 19.2 Å².